The Morgan fingerprint density at radius 2 is 2.21 bits per heavy atom. The third kappa shape index (κ3) is 2.85. The van der Waals surface area contributed by atoms with Crippen LogP contribution in [0.4, 0.5) is 0 Å². The van der Waals surface area contributed by atoms with E-state index in [1.165, 1.54) is 0 Å². The number of carbonyl (C=O) groups is 2. The zero-order chi connectivity index (χ0) is 19.5. The van der Waals surface area contributed by atoms with Gasteiger partial charge in [-0.1, -0.05) is 0 Å². The van der Waals surface area contributed by atoms with Crippen molar-refractivity contribution < 1.29 is 9.59 Å². The maximum atomic E-state index is 13.6. The summed E-state index contributed by atoms with van der Waals surface area (Å²) in [6.45, 7) is 4.37. The Labute approximate surface area is 168 Å². The van der Waals surface area contributed by atoms with Crippen LogP contribution in [0.3, 0.4) is 0 Å². The molecular weight excluding hydrogens is 374 g/mol. The average Bonchev–Trinajstić information content (AvgIpc) is 2.96. The molecule has 0 unspecified atom stereocenters. The Bertz CT molecular complexity index is 933. The highest BCUT2D eigenvalue weighted by molar-refractivity contribution is 7.09. The molecule has 2 amide bonds. The van der Waals surface area contributed by atoms with Crippen LogP contribution in [0.2, 0.25) is 0 Å². The van der Waals surface area contributed by atoms with Crippen molar-refractivity contribution in [2.75, 3.05) is 19.6 Å². The number of hydrogen-bond donors (Lipinski definition) is 0. The second-order valence-electron chi connectivity index (χ2n) is 8.50. The SMILES string of the molecule is Cc1nc(CN2CC[C@]3(CN(C(=O)C4CC4)C[C@H]3c3cn(C)cn3)C2=O)cs1. The van der Waals surface area contributed by atoms with Crippen molar-refractivity contribution in [3.05, 3.63) is 34.3 Å². The molecule has 3 fully saturated rings. The molecule has 2 aromatic rings. The minimum absolute atomic E-state index is 0.0360. The van der Waals surface area contributed by atoms with Crippen molar-refractivity contribution in [3.63, 3.8) is 0 Å². The zero-order valence-electron chi connectivity index (χ0n) is 16.3. The van der Waals surface area contributed by atoms with Crippen LogP contribution in [0.25, 0.3) is 0 Å². The predicted molar refractivity (Wildman–Crippen MR) is 105 cm³/mol. The van der Waals surface area contributed by atoms with Gasteiger partial charge in [-0.2, -0.15) is 0 Å². The molecule has 2 atom stereocenters. The fraction of sp³-hybridized carbons (Fsp3) is 0.600. The smallest absolute Gasteiger partial charge is 0.231 e. The molecule has 28 heavy (non-hydrogen) atoms. The molecule has 0 N–H and O–H groups in total. The molecule has 5 rings (SSSR count). The summed E-state index contributed by atoms with van der Waals surface area (Å²) < 4.78 is 1.92. The number of amides is 2. The molecule has 2 aliphatic heterocycles. The van der Waals surface area contributed by atoms with E-state index < -0.39 is 5.41 Å². The topological polar surface area (TPSA) is 71.3 Å². The monoisotopic (exact) mass is 399 g/mol. The molecule has 3 aliphatic rings. The zero-order valence-corrected chi connectivity index (χ0v) is 17.1. The van der Waals surface area contributed by atoms with Crippen molar-refractivity contribution >= 4 is 23.2 Å². The normalized spacial score (nSPS) is 27.4. The Kier molecular flexibility index (Phi) is 4.08. The van der Waals surface area contributed by atoms with Crippen molar-refractivity contribution in [1.82, 2.24) is 24.3 Å². The minimum Gasteiger partial charge on any atom is -0.341 e. The number of hydrogen-bond acceptors (Lipinski definition) is 5. The summed E-state index contributed by atoms with van der Waals surface area (Å²) in [6, 6.07) is 0. The maximum absolute atomic E-state index is 13.6. The summed E-state index contributed by atoms with van der Waals surface area (Å²) in [5.41, 5.74) is 1.32. The second kappa shape index (κ2) is 6.40. The van der Waals surface area contributed by atoms with E-state index in [9.17, 15) is 9.59 Å². The van der Waals surface area contributed by atoms with Crippen LogP contribution >= 0.6 is 11.3 Å². The van der Waals surface area contributed by atoms with Gasteiger partial charge in [-0.25, -0.2) is 9.97 Å². The Morgan fingerprint density at radius 1 is 1.39 bits per heavy atom. The van der Waals surface area contributed by atoms with Crippen molar-refractivity contribution in [2.45, 2.75) is 38.6 Å². The van der Waals surface area contributed by atoms with E-state index in [1.54, 1.807) is 17.7 Å². The highest BCUT2D eigenvalue weighted by Gasteiger charge is 2.59. The van der Waals surface area contributed by atoms with Crippen LogP contribution in [0, 0.1) is 18.3 Å². The van der Waals surface area contributed by atoms with Crippen LogP contribution in [0.5, 0.6) is 0 Å². The third-order valence-corrected chi connectivity index (χ3v) is 7.25. The van der Waals surface area contributed by atoms with Gasteiger partial charge in [-0.15, -0.1) is 11.3 Å². The van der Waals surface area contributed by atoms with Gasteiger partial charge in [0.15, 0.2) is 0 Å². The quantitative estimate of drug-likeness (QED) is 0.788. The number of carbonyl (C=O) groups excluding carboxylic acids is 2. The molecule has 2 saturated heterocycles. The number of imidazole rings is 1. The Hall–Kier alpha value is -2.22. The second-order valence-corrected chi connectivity index (χ2v) is 9.56. The Morgan fingerprint density at radius 3 is 2.86 bits per heavy atom. The van der Waals surface area contributed by atoms with Crippen LogP contribution in [0.1, 0.15) is 41.6 Å². The molecule has 0 radical (unpaired) electrons. The molecule has 148 valence electrons. The average molecular weight is 400 g/mol. The highest BCUT2D eigenvalue weighted by Crippen LogP contribution is 2.50. The number of aromatic nitrogens is 3. The first-order chi connectivity index (χ1) is 13.5. The van der Waals surface area contributed by atoms with Gasteiger partial charge in [0.2, 0.25) is 11.8 Å². The van der Waals surface area contributed by atoms with Crippen molar-refractivity contribution in [2.24, 2.45) is 18.4 Å². The molecule has 1 spiro atoms. The standard InChI is InChI=1S/C20H25N5O2S/c1-13-22-15(10-28-13)7-24-6-5-20(19(24)27)11-25(18(26)14-3-4-14)8-16(20)17-9-23(2)12-21-17/h9-10,12,14,16H,3-8,11H2,1-2H3/t16-,20+/m0/s1. The van der Waals surface area contributed by atoms with E-state index in [0.29, 0.717) is 26.2 Å². The van der Waals surface area contributed by atoms with E-state index in [-0.39, 0.29) is 23.7 Å². The summed E-state index contributed by atoms with van der Waals surface area (Å²) in [7, 11) is 1.94. The molecule has 8 heteroatoms. The van der Waals surface area contributed by atoms with Gasteiger partial charge in [0, 0.05) is 50.1 Å². The van der Waals surface area contributed by atoms with Crippen molar-refractivity contribution in [1.29, 1.82) is 0 Å². The summed E-state index contributed by atoms with van der Waals surface area (Å²) in [6.07, 6.45) is 6.52. The van der Waals surface area contributed by atoms with Crippen LogP contribution in [-0.2, 0) is 23.2 Å². The van der Waals surface area contributed by atoms with Gasteiger partial charge in [-0.3, -0.25) is 9.59 Å². The van der Waals surface area contributed by atoms with Gasteiger partial charge in [0.1, 0.15) is 0 Å². The molecule has 1 saturated carbocycles. The van der Waals surface area contributed by atoms with Gasteiger partial charge in [0.25, 0.3) is 0 Å². The Balaban J connectivity index is 1.44. The van der Waals surface area contributed by atoms with Gasteiger partial charge in [-0.05, 0) is 26.2 Å². The minimum atomic E-state index is -0.552. The van der Waals surface area contributed by atoms with E-state index in [0.717, 1.165) is 35.7 Å². The summed E-state index contributed by atoms with van der Waals surface area (Å²) in [5.74, 6) is 0.510. The van der Waals surface area contributed by atoms with E-state index in [1.807, 2.05) is 39.9 Å². The lowest BCUT2D eigenvalue weighted by Crippen LogP contribution is -2.40. The predicted octanol–water partition coefficient (Wildman–Crippen LogP) is 1.94. The first-order valence-corrected chi connectivity index (χ1v) is 10.8. The first-order valence-electron chi connectivity index (χ1n) is 9.93. The largest absolute Gasteiger partial charge is 0.341 e. The summed E-state index contributed by atoms with van der Waals surface area (Å²) >= 11 is 1.61. The fourth-order valence-corrected chi connectivity index (χ4v) is 5.42. The van der Waals surface area contributed by atoms with Crippen LogP contribution in [-0.4, -0.2) is 55.8 Å². The number of nitrogens with zero attached hydrogens (tertiary/aromatic N) is 5. The fourth-order valence-electron chi connectivity index (χ4n) is 4.81. The molecule has 1 aliphatic carbocycles. The lowest BCUT2D eigenvalue weighted by atomic mass is 9.75. The van der Waals surface area contributed by atoms with Crippen LogP contribution < -0.4 is 0 Å². The molecule has 7 nitrogen and oxygen atoms in total. The molecule has 2 aromatic heterocycles. The van der Waals surface area contributed by atoms with E-state index in [2.05, 4.69) is 9.97 Å². The molecule has 4 heterocycles. The van der Waals surface area contributed by atoms with Gasteiger partial charge < -0.3 is 14.4 Å². The molecular formula is C20H25N5O2S. The number of rotatable bonds is 4. The maximum Gasteiger partial charge on any atom is 0.231 e. The molecule has 0 aromatic carbocycles. The van der Waals surface area contributed by atoms with Crippen molar-refractivity contribution in [3.8, 4) is 0 Å². The lowest BCUT2D eigenvalue weighted by Gasteiger charge is -2.27. The number of thiazole rings is 1. The first kappa shape index (κ1) is 17.8. The van der Waals surface area contributed by atoms with Gasteiger partial charge >= 0.3 is 0 Å². The lowest BCUT2D eigenvalue weighted by molar-refractivity contribution is -0.137. The summed E-state index contributed by atoms with van der Waals surface area (Å²) in [4.78, 5) is 39.3. The van der Waals surface area contributed by atoms with Crippen LogP contribution in [0.15, 0.2) is 17.9 Å². The van der Waals surface area contributed by atoms with E-state index in [4.69, 9.17) is 0 Å². The third-order valence-electron chi connectivity index (χ3n) is 6.42. The number of likely N-dealkylation sites (tertiary alicyclic amines) is 2. The van der Waals surface area contributed by atoms with Gasteiger partial charge in [0.05, 0.1) is 34.7 Å². The number of aryl methyl sites for hydroxylation is 2. The molecule has 0 bridgehead atoms. The van der Waals surface area contributed by atoms with E-state index >= 15 is 0 Å². The highest BCUT2D eigenvalue weighted by atomic mass is 32.1. The summed E-state index contributed by atoms with van der Waals surface area (Å²) in [5, 5.41) is 3.05.